The standard InChI is InChI=1S/C100H74F12N4O4/c1-51(2)55-9-33-87(75(37-55)59-41-79(101)97(109)80(102)42-59)113(63-13-21-67(117)22-14-63)91-49-92(114(64-15-23-68(118)24-16-64)88-34-10-56(52(3)4)38-76(88)60-43-81(103)98(110)82(104)44-60)72-31-32-74-94(116(66-19-27-70(120)28-20-66)90-36-12-58(54(7)8)40-78(90)62-47-85(107)100(112)86(108)48-62)50-93(73-30-29-71(91)95(72)96(73)74)115(65-17-25-69(119)26-18-65)89-35-11-57(53(5)6)39-77(89)61-45-83(105)99(111)84(106)46-61/h9-54,117-120H,1-8H3. The van der Waals surface area contributed by atoms with Crippen LogP contribution in [0.1, 0.15) is 101 Å². The highest BCUT2D eigenvalue weighted by atomic mass is 19.2. The number of hydrogen-bond donors (Lipinski definition) is 4. The van der Waals surface area contributed by atoms with Gasteiger partial charge in [-0.25, -0.2) is 52.7 Å². The highest BCUT2D eigenvalue weighted by Gasteiger charge is 2.34. The predicted molar refractivity (Wildman–Crippen MR) is 453 cm³/mol. The summed E-state index contributed by atoms with van der Waals surface area (Å²) in [5.41, 5.74) is 5.89. The molecule has 0 radical (unpaired) electrons. The lowest BCUT2D eigenvalue weighted by Crippen LogP contribution is -2.17. The molecule has 20 heteroatoms. The summed E-state index contributed by atoms with van der Waals surface area (Å²) in [7, 11) is 0. The zero-order chi connectivity index (χ0) is 84.9. The third-order valence-corrected chi connectivity index (χ3v) is 22.1. The van der Waals surface area contributed by atoms with Crippen LogP contribution in [0.4, 0.5) is 121 Å². The van der Waals surface area contributed by atoms with Crippen molar-refractivity contribution in [3.8, 4) is 67.5 Å². The molecule has 602 valence electrons. The van der Waals surface area contributed by atoms with Crippen molar-refractivity contribution in [3.63, 3.8) is 0 Å². The molecular weight excluding hydrogens is 1550 g/mol. The van der Waals surface area contributed by atoms with E-state index in [2.05, 4.69) is 0 Å². The van der Waals surface area contributed by atoms with Crippen LogP contribution in [0.5, 0.6) is 23.0 Å². The number of hydrogen-bond acceptors (Lipinski definition) is 8. The van der Waals surface area contributed by atoms with Crippen molar-refractivity contribution in [2.75, 3.05) is 19.6 Å². The van der Waals surface area contributed by atoms with E-state index < -0.39 is 69.8 Å². The third kappa shape index (κ3) is 14.5. The highest BCUT2D eigenvalue weighted by molar-refractivity contribution is 6.33. The zero-order valence-corrected chi connectivity index (χ0v) is 65.7. The Hall–Kier alpha value is -13.9. The molecule has 0 aliphatic rings. The summed E-state index contributed by atoms with van der Waals surface area (Å²) in [6.45, 7) is 15.3. The van der Waals surface area contributed by atoms with E-state index in [-0.39, 0.29) is 137 Å². The van der Waals surface area contributed by atoms with Gasteiger partial charge in [0.2, 0.25) is 0 Å². The average molecular weight is 1620 g/mol. The van der Waals surface area contributed by atoms with Gasteiger partial charge in [0.1, 0.15) is 23.0 Å². The second-order valence-corrected chi connectivity index (χ2v) is 31.0. The Morgan fingerprint density at radius 3 is 0.542 bits per heavy atom. The summed E-state index contributed by atoms with van der Waals surface area (Å²) < 4.78 is 192. The largest absolute Gasteiger partial charge is 0.508 e. The van der Waals surface area contributed by atoms with Crippen LogP contribution in [0.2, 0.25) is 0 Å². The average Bonchev–Trinajstić information content (AvgIpc) is 0.695. The molecule has 4 N–H and O–H groups in total. The summed E-state index contributed by atoms with van der Waals surface area (Å²) in [4.78, 5) is 7.10. The van der Waals surface area contributed by atoms with Crippen LogP contribution in [-0.2, 0) is 0 Å². The molecule has 0 bridgehead atoms. The first-order valence-electron chi connectivity index (χ1n) is 38.7. The first-order valence-corrected chi connectivity index (χ1v) is 38.7. The molecule has 0 saturated heterocycles. The normalized spacial score (nSPS) is 11.8. The Labute approximate surface area is 683 Å². The number of rotatable bonds is 20. The Morgan fingerprint density at radius 2 is 0.375 bits per heavy atom. The fraction of sp³-hybridized carbons (Fsp3) is 0.120. The SMILES string of the molecule is CC(C)c1ccc(N(c2ccc(O)cc2)c2cc(N(c3ccc(O)cc3)c3ccc(C(C)C)cc3-c3cc(F)c(F)c(F)c3)c3ccc4c(N(c5ccc(O)cc5)c5ccc(C(C)C)cc5-c5cc(F)c(F)c(F)c5)cc(N(c5ccc(O)cc5)c5ccc(C(C)C)cc5-c5cc(F)c(F)c(F)c5)c5ccc2c3c54)c(-c2cc(F)c(F)c(F)c2)c1. The van der Waals surface area contributed by atoms with Gasteiger partial charge in [0.05, 0.1) is 45.5 Å². The highest BCUT2D eigenvalue weighted by Crippen LogP contribution is 2.59. The Kier molecular flexibility index (Phi) is 21.0. The maximum Gasteiger partial charge on any atom is 0.194 e. The molecule has 16 rings (SSSR count). The van der Waals surface area contributed by atoms with Crippen molar-refractivity contribution < 1.29 is 73.1 Å². The summed E-state index contributed by atoms with van der Waals surface area (Å²) >= 11 is 0. The van der Waals surface area contributed by atoms with E-state index >= 15 is 52.7 Å². The minimum absolute atomic E-state index is 0.110. The van der Waals surface area contributed by atoms with Gasteiger partial charge in [-0.1, -0.05) is 104 Å². The van der Waals surface area contributed by atoms with Crippen molar-refractivity contribution in [3.05, 3.63) is 347 Å². The van der Waals surface area contributed by atoms with Gasteiger partial charge in [-0.15, -0.1) is 0 Å². The molecule has 0 spiro atoms. The maximum absolute atomic E-state index is 16.2. The van der Waals surface area contributed by atoms with Gasteiger partial charge in [-0.05, 0) is 274 Å². The van der Waals surface area contributed by atoms with Crippen LogP contribution in [0.15, 0.2) is 255 Å². The van der Waals surface area contributed by atoms with E-state index in [1.807, 2.05) is 104 Å². The number of nitrogens with zero attached hydrogens (tertiary/aromatic N) is 4. The smallest absolute Gasteiger partial charge is 0.194 e. The molecule has 0 aliphatic carbocycles. The molecule has 0 amide bonds. The Bertz CT molecular complexity index is 5830. The molecule has 16 aromatic rings. The van der Waals surface area contributed by atoms with Gasteiger partial charge in [-0.2, -0.15) is 0 Å². The predicted octanol–water partition coefficient (Wildman–Crippen LogP) is 30.1. The van der Waals surface area contributed by atoms with Crippen molar-refractivity contribution in [2.45, 2.75) is 79.1 Å². The first kappa shape index (κ1) is 79.9. The molecule has 0 aromatic heterocycles. The molecule has 0 atom stereocenters. The molecule has 120 heavy (non-hydrogen) atoms. The summed E-state index contributed by atoms with van der Waals surface area (Å²) in [5, 5.41) is 47.5. The fourth-order valence-corrected chi connectivity index (χ4v) is 15.9. The maximum atomic E-state index is 16.2. The summed E-state index contributed by atoms with van der Waals surface area (Å²) in [6.07, 6.45) is 0. The van der Waals surface area contributed by atoms with Crippen LogP contribution in [0, 0.1) is 69.8 Å². The molecule has 0 unspecified atom stereocenters. The second-order valence-electron chi connectivity index (χ2n) is 31.0. The van der Waals surface area contributed by atoms with Crippen LogP contribution < -0.4 is 19.6 Å². The van der Waals surface area contributed by atoms with Crippen LogP contribution in [0.3, 0.4) is 0 Å². The van der Waals surface area contributed by atoms with Gasteiger partial charge < -0.3 is 40.0 Å². The van der Waals surface area contributed by atoms with E-state index in [1.54, 1.807) is 129 Å². The van der Waals surface area contributed by atoms with Gasteiger partial charge in [0.15, 0.2) is 69.8 Å². The number of halogens is 12. The molecule has 0 fully saturated rings. The number of phenols is 4. The number of aromatic hydroxyl groups is 4. The van der Waals surface area contributed by atoms with Gasteiger partial charge in [0.25, 0.3) is 0 Å². The van der Waals surface area contributed by atoms with Gasteiger partial charge in [0, 0.05) is 77.3 Å². The lowest BCUT2D eigenvalue weighted by molar-refractivity contribution is 0.447. The number of phenolic OH excluding ortho intramolecular Hbond substituents is 4. The summed E-state index contributed by atoms with van der Waals surface area (Å²) in [5.74, 6) is -20.6. The zero-order valence-electron chi connectivity index (χ0n) is 65.7. The lowest BCUT2D eigenvalue weighted by Gasteiger charge is -2.36. The van der Waals surface area contributed by atoms with Gasteiger partial charge >= 0.3 is 0 Å². The van der Waals surface area contributed by atoms with E-state index in [4.69, 9.17) is 0 Å². The molecule has 0 saturated carbocycles. The second kappa shape index (κ2) is 31.5. The van der Waals surface area contributed by atoms with E-state index in [1.165, 1.54) is 48.5 Å². The van der Waals surface area contributed by atoms with Crippen LogP contribution in [0.25, 0.3) is 76.8 Å². The molecule has 0 heterocycles. The third-order valence-electron chi connectivity index (χ3n) is 22.1. The van der Waals surface area contributed by atoms with E-state index in [0.717, 1.165) is 48.5 Å². The quantitative estimate of drug-likeness (QED) is 0.0341. The molecule has 8 nitrogen and oxygen atoms in total. The monoisotopic (exact) mass is 1620 g/mol. The minimum Gasteiger partial charge on any atom is -0.508 e. The van der Waals surface area contributed by atoms with Crippen molar-refractivity contribution in [1.82, 2.24) is 0 Å². The van der Waals surface area contributed by atoms with E-state index in [9.17, 15) is 20.4 Å². The molecule has 16 aromatic carbocycles. The van der Waals surface area contributed by atoms with E-state index in [0.29, 0.717) is 77.3 Å². The lowest BCUT2D eigenvalue weighted by atomic mass is 9.88. The minimum atomic E-state index is -1.73. The number of benzene rings is 16. The Balaban J connectivity index is 1.16. The number of anilines is 12. The van der Waals surface area contributed by atoms with Crippen molar-refractivity contribution >= 4 is 101 Å². The molecular formula is C100H74F12N4O4. The Morgan fingerprint density at radius 1 is 0.200 bits per heavy atom. The summed E-state index contributed by atoms with van der Waals surface area (Å²) in [6, 6.07) is 63.2. The molecule has 0 aliphatic heterocycles. The van der Waals surface area contributed by atoms with Crippen LogP contribution >= 0.6 is 0 Å². The topological polar surface area (TPSA) is 93.9 Å². The fourth-order valence-electron chi connectivity index (χ4n) is 15.9. The van der Waals surface area contributed by atoms with Crippen molar-refractivity contribution in [1.29, 1.82) is 0 Å². The van der Waals surface area contributed by atoms with Crippen molar-refractivity contribution in [2.24, 2.45) is 0 Å². The van der Waals surface area contributed by atoms with Crippen LogP contribution in [-0.4, -0.2) is 20.4 Å². The first-order chi connectivity index (χ1) is 57.4. The van der Waals surface area contributed by atoms with Gasteiger partial charge in [-0.3, -0.25) is 0 Å².